The van der Waals surface area contributed by atoms with Gasteiger partial charge in [-0.3, -0.25) is 14.5 Å². The number of aromatic nitrogens is 3. The van der Waals surface area contributed by atoms with Crippen molar-refractivity contribution in [2.75, 3.05) is 54.1 Å². The maximum atomic E-state index is 14.9. The average molecular weight is 688 g/mol. The summed E-state index contributed by atoms with van der Waals surface area (Å²) in [7, 11) is 0. The number of benzene rings is 3. The largest absolute Gasteiger partial charge is 0.488 e. The van der Waals surface area contributed by atoms with Crippen LogP contribution in [0.1, 0.15) is 19.4 Å². The van der Waals surface area contributed by atoms with Crippen LogP contribution in [0.5, 0.6) is 5.75 Å². The van der Waals surface area contributed by atoms with Crippen molar-refractivity contribution in [1.29, 1.82) is 0 Å². The fraction of sp³-hybridized carbons (Fsp3) is 0.343. The van der Waals surface area contributed by atoms with Crippen LogP contribution < -0.4 is 19.4 Å². The summed E-state index contributed by atoms with van der Waals surface area (Å²) in [6.07, 6.45) is 2.05. The molecule has 3 saturated heterocycles. The molecule has 0 spiro atoms. The fourth-order valence-electron chi connectivity index (χ4n) is 6.49. The predicted molar refractivity (Wildman–Crippen MR) is 177 cm³/mol. The second-order valence-electron chi connectivity index (χ2n) is 12.6. The van der Waals surface area contributed by atoms with E-state index in [4.69, 9.17) is 14.2 Å². The van der Waals surface area contributed by atoms with E-state index in [1.165, 1.54) is 29.5 Å². The van der Waals surface area contributed by atoms with E-state index in [0.29, 0.717) is 11.4 Å². The number of anilines is 3. The van der Waals surface area contributed by atoms with Crippen LogP contribution in [0, 0.1) is 11.6 Å². The van der Waals surface area contributed by atoms with Gasteiger partial charge in [-0.15, -0.1) is 0 Å². The Bertz CT molecular complexity index is 1870. The molecular formula is C35H35F2N7O6. The van der Waals surface area contributed by atoms with E-state index in [0.717, 1.165) is 53.4 Å². The molecule has 3 aromatic carbocycles. The van der Waals surface area contributed by atoms with Crippen molar-refractivity contribution in [1.82, 2.24) is 19.7 Å². The van der Waals surface area contributed by atoms with Crippen molar-refractivity contribution in [3.63, 3.8) is 0 Å². The number of carbonyl (C=O) groups excluding carboxylic acids is 3. The Morgan fingerprint density at radius 1 is 0.880 bits per heavy atom. The van der Waals surface area contributed by atoms with Crippen LogP contribution in [0.2, 0.25) is 0 Å². The zero-order valence-electron chi connectivity index (χ0n) is 27.4. The van der Waals surface area contributed by atoms with Crippen LogP contribution in [-0.2, 0) is 31.2 Å². The molecule has 0 bridgehead atoms. The van der Waals surface area contributed by atoms with Crippen molar-refractivity contribution in [2.45, 2.75) is 38.3 Å². The number of carbonyl (C=O) groups is 3. The van der Waals surface area contributed by atoms with Crippen LogP contribution in [-0.4, -0.2) is 89.2 Å². The van der Waals surface area contributed by atoms with Gasteiger partial charge < -0.3 is 24.0 Å². The number of urea groups is 1. The topological polar surface area (TPSA) is 123 Å². The van der Waals surface area contributed by atoms with E-state index in [1.54, 1.807) is 26.0 Å². The van der Waals surface area contributed by atoms with Crippen molar-refractivity contribution in [3.05, 3.63) is 96.6 Å². The first-order chi connectivity index (χ1) is 24.1. The average Bonchev–Trinajstić information content (AvgIpc) is 3.83. The van der Waals surface area contributed by atoms with Gasteiger partial charge in [0.2, 0.25) is 0 Å². The Balaban J connectivity index is 0.924. The number of nitrogens with zero attached hydrogens (tertiary/aromatic N) is 7. The predicted octanol–water partition coefficient (Wildman–Crippen LogP) is 3.93. The minimum absolute atomic E-state index is 0.00827. The van der Waals surface area contributed by atoms with Gasteiger partial charge in [0.25, 0.3) is 0 Å². The molecule has 3 fully saturated rings. The van der Waals surface area contributed by atoms with Gasteiger partial charge in [-0.1, -0.05) is 6.07 Å². The van der Waals surface area contributed by atoms with Crippen molar-refractivity contribution >= 4 is 34.9 Å². The number of halogens is 2. The molecule has 4 heterocycles. The number of imide groups is 2. The van der Waals surface area contributed by atoms with Gasteiger partial charge in [0.15, 0.2) is 6.29 Å². The maximum Gasteiger partial charge on any atom is 0.339 e. The third-order valence-corrected chi connectivity index (χ3v) is 9.02. The molecule has 3 aliphatic rings. The van der Waals surface area contributed by atoms with Gasteiger partial charge in [-0.25, -0.2) is 28.1 Å². The van der Waals surface area contributed by atoms with Gasteiger partial charge >= 0.3 is 17.8 Å². The lowest BCUT2D eigenvalue weighted by molar-refractivity contribution is -0.140. The SMILES string of the molecule is CC(C)N1C(=O)C(=O)N(c2ccc(N3CCN(c4ccc(OC[C@H]5OC[C@](Cn6cncn6)(c6ccc(F)cc6F)O5)cc4)CC3)cc2)C1=O. The Morgan fingerprint density at radius 2 is 1.52 bits per heavy atom. The van der Waals surface area contributed by atoms with Crippen molar-refractivity contribution in [2.24, 2.45) is 0 Å². The molecular weight excluding hydrogens is 652 g/mol. The minimum atomic E-state index is -1.25. The number of hydrogen-bond donors (Lipinski definition) is 0. The normalized spacial score (nSPS) is 21.2. The van der Waals surface area contributed by atoms with E-state index in [-0.39, 0.29) is 25.3 Å². The van der Waals surface area contributed by atoms with Gasteiger partial charge in [-0.05, 0) is 68.4 Å². The van der Waals surface area contributed by atoms with Crippen molar-refractivity contribution in [3.8, 4) is 5.75 Å². The number of piperazine rings is 1. The quantitative estimate of drug-likeness (QED) is 0.179. The second-order valence-corrected chi connectivity index (χ2v) is 12.6. The molecule has 7 rings (SSSR count). The molecule has 4 amide bonds. The number of hydrogen-bond acceptors (Lipinski definition) is 10. The van der Waals surface area contributed by atoms with Gasteiger partial charge in [-0.2, -0.15) is 5.10 Å². The first-order valence-electron chi connectivity index (χ1n) is 16.2. The molecule has 50 heavy (non-hydrogen) atoms. The molecule has 0 radical (unpaired) electrons. The summed E-state index contributed by atoms with van der Waals surface area (Å²) < 4.78 is 48.1. The van der Waals surface area contributed by atoms with Gasteiger partial charge in [0.05, 0.1) is 18.8 Å². The number of amides is 4. The zero-order valence-corrected chi connectivity index (χ0v) is 27.4. The zero-order chi connectivity index (χ0) is 35.0. The summed E-state index contributed by atoms with van der Waals surface area (Å²) in [4.78, 5) is 47.9. The Hall–Kier alpha value is -5.41. The van der Waals surface area contributed by atoms with E-state index in [9.17, 15) is 23.2 Å². The number of ether oxygens (including phenoxy) is 3. The molecule has 3 aliphatic heterocycles. The van der Waals surface area contributed by atoms with Gasteiger partial charge in [0.1, 0.15) is 42.2 Å². The first-order valence-corrected chi connectivity index (χ1v) is 16.2. The van der Waals surface area contributed by atoms with Gasteiger partial charge in [0, 0.05) is 55.2 Å². The monoisotopic (exact) mass is 687 g/mol. The summed E-state index contributed by atoms with van der Waals surface area (Å²) in [6, 6.07) is 17.1. The highest BCUT2D eigenvalue weighted by atomic mass is 19.1. The molecule has 0 N–H and O–H groups in total. The van der Waals surface area contributed by atoms with Crippen LogP contribution in [0.15, 0.2) is 79.4 Å². The third kappa shape index (κ3) is 6.36. The van der Waals surface area contributed by atoms with E-state index < -0.39 is 47.4 Å². The lowest BCUT2D eigenvalue weighted by Crippen LogP contribution is -2.46. The molecule has 1 aromatic heterocycles. The Morgan fingerprint density at radius 3 is 2.10 bits per heavy atom. The summed E-state index contributed by atoms with van der Waals surface area (Å²) in [6.45, 7) is 6.57. The maximum absolute atomic E-state index is 14.9. The summed E-state index contributed by atoms with van der Waals surface area (Å²) in [5, 5.41) is 4.11. The lowest BCUT2D eigenvalue weighted by atomic mass is 9.94. The molecule has 0 unspecified atom stereocenters. The minimum Gasteiger partial charge on any atom is -0.488 e. The standard InChI is InChI=1S/C35H35F2N7O6/c1-23(2)43-32(45)33(46)44(34(43)47)27-6-4-25(5-7-27)40-13-15-41(16-14-40)26-8-10-28(11-9-26)48-18-31-49-20-35(50-31,19-42-22-38-21-39-42)29-12-3-24(36)17-30(29)37/h3-12,17,21-23,31H,13-16,18-20H2,1-2H3/t31-,35+/m0/s1. The molecule has 260 valence electrons. The molecule has 4 aromatic rings. The van der Waals surface area contributed by atoms with Crippen LogP contribution >= 0.6 is 0 Å². The molecule has 13 nitrogen and oxygen atoms in total. The van der Waals surface area contributed by atoms with Crippen LogP contribution in [0.3, 0.4) is 0 Å². The Kier molecular flexibility index (Phi) is 8.92. The van der Waals surface area contributed by atoms with Crippen molar-refractivity contribution < 1.29 is 37.4 Å². The fourth-order valence-corrected chi connectivity index (χ4v) is 6.49. The molecule has 2 atom stereocenters. The highest BCUT2D eigenvalue weighted by Crippen LogP contribution is 2.37. The Labute approximate surface area is 286 Å². The summed E-state index contributed by atoms with van der Waals surface area (Å²) >= 11 is 0. The second kappa shape index (κ2) is 13.5. The molecule has 15 heteroatoms. The lowest BCUT2D eigenvalue weighted by Gasteiger charge is -2.37. The third-order valence-electron chi connectivity index (χ3n) is 9.02. The molecule has 0 aliphatic carbocycles. The van der Waals surface area contributed by atoms with Crippen LogP contribution in [0.4, 0.5) is 30.6 Å². The highest BCUT2D eigenvalue weighted by molar-refractivity contribution is 6.52. The summed E-state index contributed by atoms with van der Waals surface area (Å²) in [5.74, 6) is -2.48. The van der Waals surface area contributed by atoms with E-state index in [2.05, 4.69) is 19.9 Å². The van der Waals surface area contributed by atoms with E-state index in [1.807, 2.05) is 36.4 Å². The van der Waals surface area contributed by atoms with Crippen LogP contribution in [0.25, 0.3) is 0 Å². The highest BCUT2D eigenvalue weighted by Gasteiger charge is 2.47. The first kappa shape index (κ1) is 33.1. The molecule has 0 saturated carbocycles. The number of rotatable bonds is 10. The van der Waals surface area contributed by atoms with E-state index >= 15 is 0 Å². The summed E-state index contributed by atoms with van der Waals surface area (Å²) in [5.41, 5.74) is 1.25. The smallest absolute Gasteiger partial charge is 0.339 e.